The van der Waals surface area contributed by atoms with Crippen molar-refractivity contribution in [2.45, 2.75) is 17.3 Å². The number of benzene rings is 1. The number of hydrogen-bond acceptors (Lipinski definition) is 7. The van der Waals surface area contributed by atoms with Crippen LogP contribution in [0.4, 0.5) is 24.8 Å². The van der Waals surface area contributed by atoms with E-state index in [0.717, 1.165) is 12.1 Å². The van der Waals surface area contributed by atoms with Crippen LogP contribution in [0.1, 0.15) is 5.56 Å². The number of halogens is 4. The minimum atomic E-state index is -4.77. The number of aliphatic hydroxyl groups is 1. The molecule has 4 rings (SSSR count). The van der Waals surface area contributed by atoms with Gasteiger partial charge in [0.1, 0.15) is 17.4 Å². The molecule has 3 aromatic rings. The normalized spacial score (nSPS) is 14.6. The standard InChI is InChI=1S/C21H18ClF3N4O4S/c1-33-13-5-7-16(22)14(9-13)20-15(21(23,24)25)6-8-17(26-20)28-34(31,32)19-4-2-3-18(27-19)29-10-12(30)11-29/h2-9,12,30H,10-11H2,1H3,(H,26,28). The number of ether oxygens (including phenoxy) is 1. The lowest BCUT2D eigenvalue weighted by molar-refractivity contribution is -0.137. The molecular weight excluding hydrogens is 497 g/mol. The molecule has 2 N–H and O–H groups in total. The van der Waals surface area contributed by atoms with Gasteiger partial charge in [0, 0.05) is 18.7 Å². The first-order valence-electron chi connectivity index (χ1n) is 9.83. The monoisotopic (exact) mass is 514 g/mol. The third kappa shape index (κ3) is 4.88. The number of aliphatic hydroxyl groups excluding tert-OH is 1. The molecule has 8 nitrogen and oxygen atoms in total. The maximum Gasteiger partial charge on any atom is 0.418 e. The van der Waals surface area contributed by atoms with Crippen LogP contribution in [0.15, 0.2) is 53.6 Å². The lowest BCUT2D eigenvalue weighted by Crippen LogP contribution is -2.51. The average Bonchev–Trinajstić information content (AvgIpc) is 2.76. The molecule has 2 aromatic heterocycles. The van der Waals surface area contributed by atoms with Crippen LogP contribution in [0.5, 0.6) is 5.75 Å². The van der Waals surface area contributed by atoms with Crippen LogP contribution in [0, 0.1) is 0 Å². The van der Waals surface area contributed by atoms with E-state index < -0.39 is 33.6 Å². The molecule has 0 bridgehead atoms. The fraction of sp³-hybridized carbons (Fsp3) is 0.238. The summed E-state index contributed by atoms with van der Waals surface area (Å²) in [5.74, 6) is 0.239. The molecule has 1 saturated heterocycles. The Morgan fingerprint density at radius 2 is 1.88 bits per heavy atom. The molecule has 0 spiro atoms. The van der Waals surface area contributed by atoms with Crippen molar-refractivity contribution < 1.29 is 31.4 Å². The second kappa shape index (κ2) is 8.93. The van der Waals surface area contributed by atoms with Gasteiger partial charge in [-0.1, -0.05) is 17.7 Å². The average molecular weight is 515 g/mol. The molecule has 1 aromatic carbocycles. The van der Waals surface area contributed by atoms with Gasteiger partial charge in [0.2, 0.25) is 0 Å². The van der Waals surface area contributed by atoms with Crippen LogP contribution in [0.3, 0.4) is 0 Å². The minimum Gasteiger partial charge on any atom is -0.497 e. The summed E-state index contributed by atoms with van der Waals surface area (Å²) in [6.07, 6.45) is -5.29. The van der Waals surface area contributed by atoms with Gasteiger partial charge in [-0.3, -0.25) is 4.72 Å². The number of methoxy groups -OCH3 is 1. The van der Waals surface area contributed by atoms with Crippen molar-refractivity contribution in [3.05, 3.63) is 59.1 Å². The molecule has 180 valence electrons. The molecular formula is C21H18ClF3N4O4S. The maximum atomic E-state index is 13.7. The first-order valence-corrected chi connectivity index (χ1v) is 11.7. The number of alkyl halides is 3. The van der Waals surface area contributed by atoms with Gasteiger partial charge in [-0.15, -0.1) is 0 Å². The van der Waals surface area contributed by atoms with Crippen molar-refractivity contribution in [2.75, 3.05) is 29.8 Å². The number of rotatable bonds is 6. The molecule has 1 fully saturated rings. The van der Waals surface area contributed by atoms with Crippen LogP contribution in [0.2, 0.25) is 5.02 Å². The van der Waals surface area contributed by atoms with Crippen LogP contribution in [-0.4, -0.2) is 49.8 Å². The highest BCUT2D eigenvalue weighted by atomic mass is 35.5. The fourth-order valence-corrected chi connectivity index (χ4v) is 4.50. The molecule has 1 aliphatic heterocycles. The van der Waals surface area contributed by atoms with Crippen molar-refractivity contribution in [3.8, 4) is 17.0 Å². The smallest absolute Gasteiger partial charge is 0.418 e. The number of pyridine rings is 2. The molecule has 0 atom stereocenters. The highest BCUT2D eigenvalue weighted by Crippen LogP contribution is 2.40. The van der Waals surface area contributed by atoms with E-state index in [9.17, 15) is 26.7 Å². The zero-order valence-electron chi connectivity index (χ0n) is 17.5. The SMILES string of the molecule is COc1ccc(Cl)c(-c2nc(NS(=O)(=O)c3cccc(N4CC(O)C4)n3)ccc2C(F)(F)F)c1. The lowest BCUT2D eigenvalue weighted by Gasteiger charge is -2.36. The van der Waals surface area contributed by atoms with Crippen molar-refractivity contribution in [1.82, 2.24) is 9.97 Å². The van der Waals surface area contributed by atoms with E-state index >= 15 is 0 Å². The Morgan fingerprint density at radius 1 is 1.15 bits per heavy atom. The summed E-state index contributed by atoms with van der Waals surface area (Å²) in [7, 11) is -2.94. The fourth-order valence-electron chi connectivity index (χ4n) is 3.32. The number of β-amino-alcohol motifs (C(OH)–C–C–N with tert-alkyl or cyclic N) is 1. The van der Waals surface area contributed by atoms with E-state index in [1.54, 1.807) is 11.0 Å². The lowest BCUT2D eigenvalue weighted by atomic mass is 10.0. The highest BCUT2D eigenvalue weighted by molar-refractivity contribution is 7.92. The predicted molar refractivity (Wildman–Crippen MR) is 120 cm³/mol. The Labute approximate surface area is 198 Å². The van der Waals surface area contributed by atoms with Crippen LogP contribution in [-0.2, 0) is 16.2 Å². The van der Waals surface area contributed by atoms with Crippen LogP contribution in [0.25, 0.3) is 11.3 Å². The van der Waals surface area contributed by atoms with Gasteiger partial charge in [-0.25, -0.2) is 9.97 Å². The quantitative estimate of drug-likeness (QED) is 0.515. The summed E-state index contributed by atoms with van der Waals surface area (Å²) in [6.45, 7) is 0.629. The summed E-state index contributed by atoms with van der Waals surface area (Å²) < 4.78 is 74.1. The Morgan fingerprint density at radius 3 is 2.53 bits per heavy atom. The number of sulfonamides is 1. The summed E-state index contributed by atoms with van der Waals surface area (Å²) >= 11 is 6.13. The molecule has 0 unspecified atom stereocenters. The third-order valence-electron chi connectivity index (χ3n) is 5.04. The van der Waals surface area contributed by atoms with Crippen molar-refractivity contribution in [3.63, 3.8) is 0 Å². The predicted octanol–water partition coefficient (Wildman–Crippen LogP) is 3.81. The van der Waals surface area contributed by atoms with Crippen LogP contribution < -0.4 is 14.4 Å². The van der Waals surface area contributed by atoms with Gasteiger partial charge >= 0.3 is 6.18 Å². The van der Waals surface area contributed by atoms with Gasteiger partial charge in [-0.2, -0.15) is 21.6 Å². The number of hydrogen-bond donors (Lipinski definition) is 2. The van der Waals surface area contributed by atoms with Gasteiger partial charge in [0.25, 0.3) is 10.0 Å². The van der Waals surface area contributed by atoms with Crippen molar-refractivity contribution in [2.24, 2.45) is 0 Å². The van der Waals surface area contributed by atoms with E-state index in [1.807, 2.05) is 0 Å². The molecule has 34 heavy (non-hydrogen) atoms. The Bertz CT molecular complexity index is 1330. The van der Waals surface area contributed by atoms with E-state index in [2.05, 4.69) is 14.7 Å². The molecule has 0 amide bonds. The summed E-state index contributed by atoms with van der Waals surface area (Å²) in [5.41, 5.74) is -1.74. The van der Waals surface area contributed by atoms with Crippen molar-refractivity contribution in [1.29, 1.82) is 0 Å². The van der Waals surface area contributed by atoms with E-state index in [1.165, 1.54) is 37.4 Å². The van der Waals surface area contributed by atoms with Crippen molar-refractivity contribution >= 4 is 33.3 Å². The molecule has 0 aliphatic carbocycles. The highest BCUT2D eigenvalue weighted by Gasteiger charge is 2.36. The summed E-state index contributed by atoms with van der Waals surface area (Å²) in [5, 5.41) is 9.07. The zero-order chi connectivity index (χ0) is 24.7. The Balaban J connectivity index is 1.72. The molecule has 3 heterocycles. The minimum absolute atomic E-state index is 0.0232. The number of nitrogens with zero attached hydrogens (tertiary/aromatic N) is 3. The van der Waals surface area contributed by atoms with E-state index in [0.29, 0.717) is 18.9 Å². The second-order valence-corrected chi connectivity index (χ2v) is 9.47. The number of aromatic nitrogens is 2. The summed E-state index contributed by atoms with van der Waals surface area (Å²) in [6, 6.07) is 10.1. The van der Waals surface area contributed by atoms with E-state index in [-0.39, 0.29) is 27.2 Å². The van der Waals surface area contributed by atoms with E-state index in [4.69, 9.17) is 16.3 Å². The Hall–Kier alpha value is -3.09. The van der Waals surface area contributed by atoms with Gasteiger partial charge in [-0.05, 0) is 42.5 Å². The Kier molecular flexibility index (Phi) is 6.32. The largest absolute Gasteiger partial charge is 0.497 e. The van der Waals surface area contributed by atoms with Gasteiger partial charge in [0.15, 0.2) is 5.03 Å². The number of anilines is 2. The molecule has 0 saturated carbocycles. The maximum absolute atomic E-state index is 13.7. The number of nitrogens with one attached hydrogen (secondary N) is 1. The third-order valence-corrected chi connectivity index (χ3v) is 6.62. The first-order chi connectivity index (χ1) is 16.0. The first kappa shape index (κ1) is 24.0. The topological polar surface area (TPSA) is 105 Å². The second-order valence-electron chi connectivity index (χ2n) is 7.43. The molecule has 13 heteroatoms. The van der Waals surface area contributed by atoms with Crippen LogP contribution >= 0.6 is 11.6 Å². The molecule has 0 radical (unpaired) electrons. The van der Waals surface area contributed by atoms with Gasteiger partial charge < -0.3 is 14.7 Å². The van der Waals surface area contributed by atoms with Gasteiger partial charge in [0.05, 0.1) is 29.5 Å². The zero-order valence-corrected chi connectivity index (χ0v) is 19.1. The molecule has 1 aliphatic rings. The summed E-state index contributed by atoms with van der Waals surface area (Å²) in [4.78, 5) is 9.70.